The molecule has 2 aromatic rings. The summed E-state index contributed by atoms with van der Waals surface area (Å²) < 4.78 is 17.8. The molecule has 2 aliphatic heterocycles. The average molecular weight is 433 g/mol. The van der Waals surface area contributed by atoms with Crippen LogP contribution in [0.5, 0.6) is 17.2 Å². The second kappa shape index (κ2) is 6.48. The van der Waals surface area contributed by atoms with Crippen LogP contribution >= 0.6 is 0 Å². The van der Waals surface area contributed by atoms with Gasteiger partial charge in [0.1, 0.15) is 0 Å². The van der Waals surface area contributed by atoms with Gasteiger partial charge in [-0.15, -0.1) is 0 Å². The van der Waals surface area contributed by atoms with Crippen LogP contribution in [0.3, 0.4) is 0 Å². The van der Waals surface area contributed by atoms with Gasteiger partial charge in [0.2, 0.25) is 0 Å². The number of hydrogen-bond donors (Lipinski definition) is 0. The maximum absolute atomic E-state index is 11.2. The molecular weight excluding hydrogens is 415 g/mol. The summed E-state index contributed by atoms with van der Waals surface area (Å²) in [6.07, 6.45) is 3.89. The Hall–Kier alpha value is -2.70. The van der Waals surface area contributed by atoms with Crippen LogP contribution in [0.25, 0.3) is 6.08 Å². The molecule has 4 rings (SSSR count). The molecule has 1 spiro atoms. The summed E-state index contributed by atoms with van der Waals surface area (Å²) >= 11 is -0.0222. The minimum atomic E-state index is -0.632. The SMILES string of the molecule is CCN1c2cc(OC)ccc2[Se]C12C=Cc1cc([N+](=O)[O-])cc(OC)c1O2. The molecule has 7 nitrogen and oxygen atoms in total. The third-order valence-electron chi connectivity index (χ3n) is 4.63. The molecule has 0 radical (unpaired) electrons. The van der Waals surface area contributed by atoms with E-state index in [9.17, 15) is 10.1 Å². The second-order valence-electron chi connectivity index (χ2n) is 6.07. The van der Waals surface area contributed by atoms with Crippen LogP contribution in [0, 0.1) is 10.1 Å². The number of fused-ring (bicyclic) bond motifs is 2. The van der Waals surface area contributed by atoms with Crippen molar-refractivity contribution in [3.8, 4) is 17.2 Å². The summed E-state index contributed by atoms with van der Waals surface area (Å²) in [6.45, 7) is 2.82. The Balaban J connectivity index is 1.80. The van der Waals surface area contributed by atoms with Gasteiger partial charge in [0.15, 0.2) is 0 Å². The first kappa shape index (κ1) is 17.7. The van der Waals surface area contributed by atoms with Crippen molar-refractivity contribution in [3.05, 3.63) is 52.1 Å². The zero-order valence-electron chi connectivity index (χ0n) is 15.1. The van der Waals surface area contributed by atoms with Gasteiger partial charge in [0.05, 0.1) is 0 Å². The van der Waals surface area contributed by atoms with Crippen molar-refractivity contribution in [2.45, 2.75) is 11.5 Å². The Morgan fingerprint density at radius 2 is 2.07 bits per heavy atom. The van der Waals surface area contributed by atoms with Crippen molar-refractivity contribution in [2.75, 3.05) is 25.7 Å². The van der Waals surface area contributed by atoms with E-state index in [1.165, 1.54) is 23.7 Å². The zero-order chi connectivity index (χ0) is 19.2. The van der Waals surface area contributed by atoms with E-state index in [0.717, 1.165) is 18.0 Å². The predicted molar refractivity (Wildman–Crippen MR) is 103 cm³/mol. The fourth-order valence-corrected chi connectivity index (χ4v) is 6.14. The number of methoxy groups -OCH3 is 2. The molecule has 0 aromatic heterocycles. The van der Waals surface area contributed by atoms with Gasteiger partial charge in [0.25, 0.3) is 0 Å². The van der Waals surface area contributed by atoms with E-state index in [4.69, 9.17) is 14.2 Å². The molecule has 0 saturated heterocycles. The normalized spacial score (nSPS) is 19.4. The number of non-ortho nitro benzene ring substituents is 1. The first-order valence-corrected chi connectivity index (χ1v) is 10.1. The van der Waals surface area contributed by atoms with Crippen molar-refractivity contribution in [1.82, 2.24) is 0 Å². The van der Waals surface area contributed by atoms with E-state index in [1.807, 2.05) is 24.3 Å². The van der Waals surface area contributed by atoms with Gasteiger partial charge in [-0.25, -0.2) is 0 Å². The fourth-order valence-electron chi connectivity index (χ4n) is 3.37. The Morgan fingerprint density at radius 3 is 2.74 bits per heavy atom. The molecule has 0 amide bonds. The number of nitro groups is 1. The Kier molecular flexibility index (Phi) is 4.25. The predicted octanol–water partition coefficient (Wildman–Crippen LogP) is 2.54. The zero-order valence-corrected chi connectivity index (χ0v) is 16.8. The number of nitrogens with zero attached hydrogens (tertiary/aromatic N) is 2. The number of rotatable bonds is 4. The van der Waals surface area contributed by atoms with Crippen LogP contribution in [0.1, 0.15) is 12.5 Å². The van der Waals surface area contributed by atoms with E-state index >= 15 is 0 Å². The third kappa shape index (κ3) is 2.72. The average Bonchev–Trinajstić information content (AvgIpc) is 2.98. The topological polar surface area (TPSA) is 74.1 Å². The number of benzene rings is 2. The number of nitro benzene ring substituents is 1. The van der Waals surface area contributed by atoms with Crippen molar-refractivity contribution in [2.24, 2.45) is 0 Å². The van der Waals surface area contributed by atoms with Gasteiger partial charge in [-0.05, 0) is 0 Å². The van der Waals surface area contributed by atoms with Crippen LogP contribution in [-0.4, -0.2) is 45.3 Å². The van der Waals surface area contributed by atoms with Crippen molar-refractivity contribution < 1.29 is 19.1 Å². The molecule has 0 N–H and O–H groups in total. The van der Waals surface area contributed by atoms with Gasteiger partial charge in [-0.1, -0.05) is 0 Å². The minimum absolute atomic E-state index is 0.0212. The van der Waals surface area contributed by atoms with E-state index in [2.05, 4.69) is 17.9 Å². The number of likely N-dealkylation sites (N-methyl/N-ethyl adjacent to an activating group) is 1. The molecule has 0 fully saturated rings. The summed E-state index contributed by atoms with van der Waals surface area (Å²) in [7, 11) is 3.14. The number of ether oxygens (including phenoxy) is 3. The molecule has 1 unspecified atom stereocenters. The first-order valence-electron chi connectivity index (χ1n) is 8.40. The van der Waals surface area contributed by atoms with Crippen LogP contribution in [0.2, 0.25) is 0 Å². The van der Waals surface area contributed by atoms with Gasteiger partial charge >= 0.3 is 163 Å². The molecule has 0 aliphatic carbocycles. The van der Waals surface area contributed by atoms with Crippen LogP contribution in [0.4, 0.5) is 11.4 Å². The first-order chi connectivity index (χ1) is 13.0. The molecule has 0 bridgehead atoms. The van der Waals surface area contributed by atoms with Gasteiger partial charge in [-0.2, -0.15) is 0 Å². The molecule has 2 heterocycles. The van der Waals surface area contributed by atoms with Crippen LogP contribution in [0.15, 0.2) is 36.4 Å². The number of anilines is 1. The monoisotopic (exact) mass is 434 g/mol. The molecule has 8 heteroatoms. The standard InChI is InChI=1S/C19H18N2O5Se/c1-4-20-15-11-14(24-2)5-6-17(15)27-19(20)8-7-12-9-13(21(22)23)10-16(25-3)18(12)26-19/h5-11H,4H2,1-3H3. The second-order valence-corrected chi connectivity index (χ2v) is 8.65. The van der Waals surface area contributed by atoms with Gasteiger partial charge in [-0.3, -0.25) is 0 Å². The third-order valence-corrected chi connectivity index (χ3v) is 7.35. The molecule has 27 heavy (non-hydrogen) atoms. The van der Waals surface area contributed by atoms with Crippen molar-refractivity contribution in [1.29, 1.82) is 0 Å². The fraction of sp³-hybridized carbons (Fsp3) is 0.263. The van der Waals surface area contributed by atoms with E-state index in [-0.39, 0.29) is 20.6 Å². The quantitative estimate of drug-likeness (QED) is 0.419. The molecule has 0 saturated carbocycles. The molecular formula is C19H18N2O5Se. The van der Waals surface area contributed by atoms with E-state index in [0.29, 0.717) is 17.1 Å². The summed E-state index contributed by atoms with van der Waals surface area (Å²) in [5, 5.41) is 11.2. The molecule has 2 aliphatic rings. The van der Waals surface area contributed by atoms with E-state index < -0.39 is 9.55 Å². The maximum atomic E-state index is 11.2. The Labute approximate surface area is 162 Å². The van der Waals surface area contributed by atoms with Gasteiger partial charge < -0.3 is 0 Å². The number of hydrogen-bond acceptors (Lipinski definition) is 6. The Morgan fingerprint density at radius 1 is 1.26 bits per heavy atom. The summed E-state index contributed by atoms with van der Waals surface area (Å²) in [5.74, 6) is 1.70. The summed E-state index contributed by atoms with van der Waals surface area (Å²) in [6, 6.07) is 8.97. The van der Waals surface area contributed by atoms with Crippen LogP contribution in [-0.2, 0) is 0 Å². The summed E-state index contributed by atoms with van der Waals surface area (Å²) in [5.41, 5.74) is 1.71. The molecule has 1 atom stereocenters. The summed E-state index contributed by atoms with van der Waals surface area (Å²) in [4.78, 5) is 13.0. The van der Waals surface area contributed by atoms with Crippen molar-refractivity contribution in [3.63, 3.8) is 0 Å². The Bertz CT molecular complexity index is 961. The molecule has 140 valence electrons. The van der Waals surface area contributed by atoms with E-state index in [1.54, 1.807) is 7.11 Å². The van der Waals surface area contributed by atoms with Gasteiger partial charge in [0, 0.05) is 0 Å². The van der Waals surface area contributed by atoms with Crippen LogP contribution < -0.4 is 23.6 Å². The van der Waals surface area contributed by atoms with Crippen molar-refractivity contribution >= 4 is 36.9 Å². The molecule has 2 aromatic carbocycles.